The number of nitrogens with zero attached hydrogens (tertiary/aromatic N) is 5. The summed E-state index contributed by atoms with van der Waals surface area (Å²) in [4.78, 5) is 13.4. The van der Waals surface area contributed by atoms with Gasteiger partial charge < -0.3 is 10.1 Å². The molecule has 0 aliphatic carbocycles. The molecule has 4 aromatic rings. The van der Waals surface area contributed by atoms with Gasteiger partial charge in [-0.05, 0) is 50.1 Å². The van der Waals surface area contributed by atoms with Crippen LogP contribution in [0.1, 0.15) is 30.3 Å². The third-order valence-electron chi connectivity index (χ3n) is 6.76. The number of likely N-dealkylation sites (tertiary alicyclic amines) is 1. The smallest absolute Gasteiger partial charge is 0.404 e. The van der Waals surface area contributed by atoms with Crippen molar-refractivity contribution in [1.29, 1.82) is 0 Å². The quantitative estimate of drug-likeness (QED) is 0.220. The molecule has 1 aliphatic heterocycles. The predicted octanol–water partition coefficient (Wildman–Crippen LogP) is 5.15. The Kier molecular flexibility index (Phi) is 7.83. The van der Waals surface area contributed by atoms with Crippen molar-refractivity contribution in [1.82, 2.24) is 23.8 Å². The molecule has 1 N–H and O–H groups in total. The van der Waals surface area contributed by atoms with E-state index in [2.05, 4.69) is 25.0 Å². The van der Waals surface area contributed by atoms with Gasteiger partial charge in [-0.3, -0.25) is 9.88 Å². The number of hydrogen-bond acceptors (Lipinski definition) is 8. The first-order valence-corrected chi connectivity index (χ1v) is 14.0. The molecule has 4 heterocycles. The van der Waals surface area contributed by atoms with E-state index in [-0.39, 0.29) is 35.4 Å². The number of aromatic nitrogens is 4. The number of piperidine rings is 1. The number of halogens is 5. The zero-order chi connectivity index (χ0) is 29.4. The molecule has 0 amide bonds. The standard InChI is InChI=1S/C26H25F5N6O3S/c1-16-2-5-19(6-3-16)41(38,39)37-13-10-20-24(33-15-34-25(20)37)35-17-8-11-36(12-9-17)23(28)22(27)21-7-4-18(14-32-21)40-26(29,30)31/h2-7,10,13-15,17,22-23H,8-9,11-12H2,1H3,(H,33,34,35). The van der Waals surface area contributed by atoms with Gasteiger partial charge in [0.2, 0.25) is 0 Å². The van der Waals surface area contributed by atoms with Crippen LogP contribution in [-0.2, 0) is 10.0 Å². The Labute approximate surface area is 232 Å². The molecule has 9 nitrogen and oxygen atoms in total. The number of alkyl halides is 5. The van der Waals surface area contributed by atoms with Crippen LogP contribution in [-0.4, -0.2) is 64.0 Å². The molecule has 2 atom stereocenters. The third-order valence-corrected chi connectivity index (χ3v) is 8.44. The van der Waals surface area contributed by atoms with Gasteiger partial charge in [-0.15, -0.1) is 13.2 Å². The Hall–Kier alpha value is -3.85. The number of pyridine rings is 1. The SMILES string of the molecule is Cc1ccc(S(=O)(=O)n2ccc3c(NC4CCN(C(F)C(F)c5ccc(OC(F)(F)F)cn5)CC4)ncnc32)cc1. The zero-order valence-electron chi connectivity index (χ0n) is 21.6. The van der Waals surface area contributed by atoms with Crippen LogP contribution in [0.2, 0.25) is 0 Å². The third kappa shape index (κ3) is 6.25. The normalized spacial score (nSPS) is 16.9. The first kappa shape index (κ1) is 28.7. The van der Waals surface area contributed by atoms with Gasteiger partial charge in [0.25, 0.3) is 10.0 Å². The van der Waals surface area contributed by atoms with Crippen LogP contribution in [0.3, 0.4) is 0 Å². The van der Waals surface area contributed by atoms with Crippen LogP contribution in [0, 0.1) is 6.92 Å². The lowest BCUT2D eigenvalue weighted by Crippen LogP contribution is -2.44. The molecule has 218 valence electrons. The van der Waals surface area contributed by atoms with E-state index in [1.165, 1.54) is 29.6 Å². The molecular weight excluding hydrogens is 571 g/mol. The van der Waals surface area contributed by atoms with E-state index in [0.29, 0.717) is 30.2 Å². The van der Waals surface area contributed by atoms with Crippen LogP contribution >= 0.6 is 0 Å². The number of hydrogen-bond donors (Lipinski definition) is 1. The molecule has 1 aliphatic rings. The second-order valence-corrected chi connectivity index (χ2v) is 11.4. The maximum atomic E-state index is 15.0. The fourth-order valence-electron chi connectivity index (χ4n) is 4.62. The fraction of sp³-hybridized carbons (Fsp3) is 0.346. The van der Waals surface area contributed by atoms with Crippen LogP contribution in [0.4, 0.5) is 27.8 Å². The molecule has 0 spiro atoms. The number of rotatable bonds is 8. The van der Waals surface area contributed by atoms with Crippen molar-refractivity contribution in [3.05, 3.63) is 72.4 Å². The molecule has 1 fully saturated rings. The lowest BCUT2D eigenvalue weighted by atomic mass is 10.0. The summed E-state index contributed by atoms with van der Waals surface area (Å²) in [6, 6.07) is 9.74. The molecule has 0 saturated carbocycles. The minimum atomic E-state index is -4.92. The predicted molar refractivity (Wildman–Crippen MR) is 139 cm³/mol. The highest BCUT2D eigenvalue weighted by Crippen LogP contribution is 2.31. The van der Waals surface area contributed by atoms with E-state index in [1.807, 2.05) is 6.92 Å². The van der Waals surface area contributed by atoms with Crippen molar-refractivity contribution in [3.8, 4) is 5.75 Å². The Balaban J connectivity index is 1.23. The van der Waals surface area contributed by atoms with Gasteiger partial charge in [-0.2, -0.15) is 0 Å². The highest BCUT2D eigenvalue weighted by atomic mass is 32.2. The van der Waals surface area contributed by atoms with Gasteiger partial charge in [-0.25, -0.2) is 31.1 Å². The topological polar surface area (TPSA) is 102 Å². The van der Waals surface area contributed by atoms with Crippen LogP contribution < -0.4 is 10.1 Å². The lowest BCUT2D eigenvalue weighted by Gasteiger charge is -2.35. The maximum absolute atomic E-state index is 15.0. The van der Waals surface area contributed by atoms with Crippen molar-refractivity contribution in [2.24, 2.45) is 0 Å². The average molecular weight is 597 g/mol. The summed E-state index contributed by atoms with van der Waals surface area (Å²) in [5.41, 5.74) is 0.775. The molecule has 0 bridgehead atoms. The number of anilines is 1. The molecule has 15 heteroatoms. The van der Waals surface area contributed by atoms with Crippen molar-refractivity contribution in [3.63, 3.8) is 0 Å². The summed E-state index contributed by atoms with van der Waals surface area (Å²) in [5.74, 6) is -0.213. The van der Waals surface area contributed by atoms with Gasteiger partial charge in [0.05, 0.1) is 22.2 Å². The summed E-state index contributed by atoms with van der Waals surface area (Å²) in [5, 5.41) is 3.75. The number of fused-ring (bicyclic) bond motifs is 1. The monoisotopic (exact) mass is 596 g/mol. The van der Waals surface area contributed by atoms with E-state index in [1.54, 1.807) is 18.2 Å². The maximum Gasteiger partial charge on any atom is 0.573 e. The first-order chi connectivity index (χ1) is 19.4. The van der Waals surface area contributed by atoms with Crippen LogP contribution in [0.5, 0.6) is 5.75 Å². The molecule has 41 heavy (non-hydrogen) atoms. The Morgan fingerprint density at radius 2 is 1.71 bits per heavy atom. The molecule has 2 unspecified atom stereocenters. The van der Waals surface area contributed by atoms with Gasteiger partial charge in [-0.1, -0.05) is 17.7 Å². The van der Waals surface area contributed by atoms with E-state index in [9.17, 15) is 30.4 Å². The summed E-state index contributed by atoms with van der Waals surface area (Å²) in [7, 11) is -3.89. The molecule has 0 radical (unpaired) electrons. The highest BCUT2D eigenvalue weighted by molar-refractivity contribution is 7.90. The number of benzene rings is 1. The van der Waals surface area contributed by atoms with E-state index in [4.69, 9.17) is 0 Å². The molecule has 3 aromatic heterocycles. The van der Waals surface area contributed by atoms with Crippen molar-refractivity contribution in [2.45, 2.75) is 49.5 Å². The van der Waals surface area contributed by atoms with Crippen LogP contribution in [0.15, 0.2) is 66.1 Å². The number of ether oxygens (including phenoxy) is 1. The molecule has 1 aromatic carbocycles. The first-order valence-electron chi connectivity index (χ1n) is 12.6. The molecule has 1 saturated heterocycles. The Morgan fingerprint density at radius 1 is 1.00 bits per heavy atom. The van der Waals surface area contributed by atoms with Crippen molar-refractivity contribution >= 4 is 26.9 Å². The second kappa shape index (κ2) is 11.2. The summed E-state index contributed by atoms with van der Waals surface area (Å²) in [6.45, 7) is 2.23. The minimum absolute atomic E-state index is 0.119. The molecule has 5 rings (SSSR count). The minimum Gasteiger partial charge on any atom is -0.404 e. The van der Waals surface area contributed by atoms with Crippen molar-refractivity contribution in [2.75, 3.05) is 18.4 Å². The van der Waals surface area contributed by atoms with Gasteiger partial charge in [0, 0.05) is 25.3 Å². The Bertz CT molecular complexity index is 1610. The summed E-state index contributed by atoms with van der Waals surface area (Å²) in [6.07, 6.45) is -4.93. The van der Waals surface area contributed by atoms with E-state index >= 15 is 0 Å². The number of aryl methyl sites for hydroxylation is 1. The summed E-state index contributed by atoms with van der Waals surface area (Å²) < 4.78 is 97.9. The van der Waals surface area contributed by atoms with Crippen LogP contribution in [0.25, 0.3) is 11.0 Å². The largest absolute Gasteiger partial charge is 0.573 e. The fourth-order valence-corrected chi connectivity index (χ4v) is 5.92. The second-order valence-electron chi connectivity index (χ2n) is 9.58. The van der Waals surface area contributed by atoms with Gasteiger partial charge in [0.15, 0.2) is 18.1 Å². The Morgan fingerprint density at radius 3 is 2.34 bits per heavy atom. The van der Waals surface area contributed by atoms with Gasteiger partial charge in [0.1, 0.15) is 17.9 Å². The van der Waals surface area contributed by atoms with E-state index < -0.39 is 34.6 Å². The summed E-state index contributed by atoms with van der Waals surface area (Å²) >= 11 is 0. The number of nitrogens with one attached hydrogen (secondary N) is 1. The zero-order valence-corrected chi connectivity index (χ0v) is 22.4. The van der Waals surface area contributed by atoms with Gasteiger partial charge >= 0.3 is 6.36 Å². The van der Waals surface area contributed by atoms with E-state index in [0.717, 1.165) is 21.7 Å². The highest BCUT2D eigenvalue weighted by Gasteiger charge is 2.34. The average Bonchev–Trinajstić information content (AvgIpc) is 3.39. The molecular formula is C26H25F5N6O3S. The lowest BCUT2D eigenvalue weighted by molar-refractivity contribution is -0.274. The van der Waals surface area contributed by atoms with Crippen molar-refractivity contribution < 1.29 is 35.1 Å².